The molecule has 0 spiro atoms. The van der Waals surface area contributed by atoms with Crippen LogP contribution in [-0.4, -0.2) is 24.1 Å². The fraction of sp³-hybridized carbons (Fsp3) is 0.0556. The maximum absolute atomic E-state index is 15.1. The van der Waals surface area contributed by atoms with Crippen LogP contribution >= 0.6 is 0 Å². The van der Waals surface area contributed by atoms with E-state index in [1.54, 1.807) is 42.5 Å². The Morgan fingerprint density at radius 3 is 1.32 bits per heavy atom. The number of fused-ring (bicyclic) bond motifs is 6. The molecule has 3 aromatic heterocycles. The van der Waals surface area contributed by atoms with Gasteiger partial charge in [-0.25, -0.2) is 15.0 Å². The van der Waals surface area contributed by atoms with Crippen LogP contribution in [0.25, 0.3) is 100 Å². The number of aryl methyl sites for hydroxylation is 1. The summed E-state index contributed by atoms with van der Waals surface area (Å²) >= 11 is 0. The molecule has 11 heteroatoms. The average Bonchev–Trinajstić information content (AvgIpc) is 3.83. The molecular formula is C54H33F6N5. The summed E-state index contributed by atoms with van der Waals surface area (Å²) in [6.45, 7) is 1.99. The molecule has 5 nitrogen and oxygen atoms in total. The van der Waals surface area contributed by atoms with Crippen LogP contribution in [0.3, 0.4) is 0 Å². The van der Waals surface area contributed by atoms with Gasteiger partial charge in [0.25, 0.3) is 0 Å². The number of nitrogens with zero attached hydrogens (tertiary/aromatic N) is 5. The summed E-state index contributed by atoms with van der Waals surface area (Å²) in [5, 5.41) is 2.73. The fourth-order valence-electron chi connectivity index (χ4n) is 8.90. The maximum Gasteiger partial charge on any atom is 0.416 e. The first-order valence-corrected chi connectivity index (χ1v) is 20.7. The Bertz CT molecular complexity index is 3590. The van der Waals surface area contributed by atoms with Gasteiger partial charge in [0.2, 0.25) is 0 Å². The van der Waals surface area contributed by atoms with Gasteiger partial charge in [-0.05, 0) is 85.8 Å². The van der Waals surface area contributed by atoms with Gasteiger partial charge < -0.3 is 9.13 Å². The molecule has 0 radical (unpaired) electrons. The second-order valence-corrected chi connectivity index (χ2v) is 16.0. The van der Waals surface area contributed by atoms with E-state index in [0.29, 0.717) is 56.0 Å². The van der Waals surface area contributed by atoms with Crippen molar-refractivity contribution in [3.63, 3.8) is 0 Å². The van der Waals surface area contributed by atoms with Gasteiger partial charge in [0.15, 0.2) is 17.5 Å². The van der Waals surface area contributed by atoms with E-state index in [2.05, 4.69) is 6.07 Å². The molecule has 0 aliphatic rings. The highest BCUT2D eigenvalue weighted by atomic mass is 19.4. The van der Waals surface area contributed by atoms with Crippen LogP contribution in [0, 0.1) is 6.92 Å². The molecule has 11 rings (SSSR count). The second kappa shape index (κ2) is 15.0. The lowest BCUT2D eigenvalue weighted by molar-refractivity contribution is -0.138. The standard InChI is InChI=1S/C54H33F6N5/c1-32-20-24-46-40(28-32)38-16-8-10-18-44(38)64(46)49-27-23-37(54(58,59)60)31-43(49)41-29-35(52-62-50(33-12-4-2-5-13-33)61-51(63-52)34-14-6-3-7-15-34)21-25-47(41)65-45-19-11-9-17-39(45)42-30-36(53(55,56)57)22-26-48(42)65/h2-31H,1H3. The minimum Gasteiger partial charge on any atom is -0.309 e. The first-order chi connectivity index (χ1) is 31.4. The van der Waals surface area contributed by atoms with Gasteiger partial charge >= 0.3 is 12.4 Å². The molecule has 0 atom stereocenters. The molecule has 0 saturated carbocycles. The molecule has 0 bridgehead atoms. The Balaban J connectivity index is 1.27. The molecule has 3 heterocycles. The third-order valence-electron chi connectivity index (χ3n) is 11.9. The summed E-state index contributed by atoms with van der Waals surface area (Å²) in [4.78, 5) is 14.8. The van der Waals surface area contributed by atoms with Crippen LogP contribution < -0.4 is 0 Å². The molecular weight excluding hydrogens is 833 g/mol. The van der Waals surface area contributed by atoms with E-state index in [9.17, 15) is 13.2 Å². The Hall–Kier alpha value is -8.05. The number of hydrogen-bond acceptors (Lipinski definition) is 3. The van der Waals surface area contributed by atoms with E-state index in [-0.39, 0.29) is 11.4 Å². The lowest BCUT2D eigenvalue weighted by Gasteiger charge is -2.21. The van der Waals surface area contributed by atoms with Crippen molar-refractivity contribution in [3.8, 4) is 56.7 Å². The van der Waals surface area contributed by atoms with Crippen LogP contribution in [0.2, 0.25) is 0 Å². The minimum atomic E-state index is -4.73. The normalized spacial score (nSPS) is 12.2. The zero-order valence-electron chi connectivity index (χ0n) is 34.3. The number of alkyl halides is 6. The predicted octanol–water partition coefficient (Wildman–Crippen LogP) is 15.1. The molecule has 0 N–H and O–H groups in total. The number of hydrogen-bond donors (Lipinski definition) is 0. The van der Waals surface area contributed by atoms with Crippen molar-refractivity contribution < 1.29 is 26.3 Å². The number of rotatable bonds is 6. The van der Waals surface area contributed by atoms with Gasteiger partial charge in [-0.1, -0.05) is 109 Å². The molecule has 0 aliphatic carbocycles. The summed E-state index contributed by atoms with van der Waals surface area (Å²) in [6.07, 6.45) is -9.34. The monoisotopic (exact) mass is 865 g/mol. The Kier molecular flexibility index (Phi) is 9.21. The molecule has 0 amide bonds. The van der Waals surface area contributed by atoms with Crippen LogP contribution in [0.5, 0.6) is 0 Å². The van der Waals surface area contributed by atoms with Crippen molar-refractivity contribution in [1.29, 1.82) is 0 Å². The van der Waals surface area contributed by atoms with Crippen LogP contribution in [0.1, 0.15) is 16.7 Å². The Morgan fingerprint density at radius 1 is 0.354 bits per heavy atom. The van der Waals surface area contributed by atoms with Gasteiger partial charge in [-0.15, -0.1) is 0 Å². The van der Waals surface area contributed by atoms with Crippen molar-refractivity contribution in [2.45, 2.75) is 19.3 Å². The lowest BCUT2D eigenvalue weighted by atomic mass is 9.96. The van der Waals surface area contributed by atoms with E-state index in [1.165, 1.54) is 12.1 Å². The third-order valence-corrected chi connectivity index (χ3v) is 11.9. The largest absolute Gasteiger partial charge is 0.416 e. The second-order valence-electron chi connectivity index (χ2n) is 16.0. The molecule has 65 heavy (non-hydrogen) atoms. The quantitative estimate of drug-likeness (QED) is 0.156. The van der Waals surface area contributed by atoms with Crippen LogP contribution in [0.4, 0.5) is 26.3 Å². The van der Waals surface area contributed by atoms with Crippen molar-refractivity contribution in [3.05, 3.63) is 199 Å². The Morgan fingerprint density at radius 2 is 0.769 bits per heavy atom. The van der Waals surface area contributed by atoms with Crippen molar-refractivity contribution >= 4 is 43.6 Å². The van der Waals surface area contributed by atoms with E-state index < -0.39 is 23.5 Å². The number of halogens is 6. The molecule has 0 unspecified atom stereocenters. The fourth-order valence-corrected chi connectivity index (χ4v) is 8.90. The van der Waals surface area contributed by atoms with Gasteiger partial charge in [0, 0.05) is 49.4 Å². The molecule has 8 aromatic carbocycles. The first kappa shape index (κ1) is 39.8. The van der Waals surface area contributed by atoms with Gasteiger partial charge in [-0.3, -0.25) is 0 Å². The summed E-state index contributed by atoms with van der Waals surface area (Å²) in [6, 6.07) is 52.3. The number of aromatic nitrogens is 5. The highest BCUT2D eigenvalue weighted by molar-refractivity contribution is 6.12. The van der Waals surface area contributed by atoms with Crippen LogP contribution in [-0.2, 0) is 12.4 Å². The molecule has 0 saturated heterocycles. The SMILES string of the molecule is Cc1ccc2c(c1)c1ccccc1n2-c1ccc(C(F)(F)F)cc1-c1cc(-c2nc(-c3ccccc3)nc(-c3ccccc3)n2)ccc1-n1c2ccccc2c2cc(C(F)(F)F)ccc21. The van der Waals surface area contributed by atoms with E-state index in [4.69, 9.17) is 15.0 Å². The van der Waals surface area contributed by atoms with Crippen molar-refractivity contribution in [1.82, 2.24) is 24.1 Å². The zero-order valence-corrected chi connectivity index (χ0v) is 34.3. The molecule has 11 aromatic rings. The predicted molar refractivity (Wildman–Crippen MR) is 245 cm³/mol. The third kappa shape index (κ3) is 6.87. The van der Waals surface area contributed by atoms with Crippen molar-refractivity contribution in [2.75, 3.05) is 0 Å². The Labute approximate surface area is 367 Å². The summed E-state index contributed by atoms with van der Waals surface area (Å²) in [5.41, 5.74) is 5.28. The molecule has 0 aliphatic heterocycles. The van der Waals surface area contributed by atoms with E-state index in [0.717, 1.165) is 62.8 Å². The van der Waals surface area contributed by atoms with Crippen LogP contribution in [0.15, 0.2) is 182 Å². The number of benzene rings is 8. The van der Waals surface area contributed by atoms with Gasteiger partial charge in [0.1, 0.15) is 0 Å². The minimum absolute atomic E-state index is 0.221. The maximum atomic E-state index is 15.1. The van der Waals surface area contributed by atoms with E-state index in [1.807, 2.05) is 113 Å². The lowest BCUT2D eigenvalue weighted by Crippen LogP contribution is -2.08. The first-order valence-electron chi connectivity index (χ1n) is 20.7. The topological polar surface area (TPSA) is 48.5 Å². The molecule has 316 valence electrons. The number of para-hydroxylation sites is 2. The van der Waals surface area contributed by atoms with E-state index >= 15 is 13.2 Å². The van der Waals surface area contributed by atoms with Gasteiger partial charge in [0.05, 0.1) is 44.6 Å². The summed E-state index contributed by atoms with van der Waals surface area (Å²) < 4.78 is 91.7. The molecule has 0 fully saturated rings. The highest BCUT2D eigenvalue weighted by Gasteiger charge is 2.34. The smallest absolute Gasteiger partial charge is 0.309 e. The summed E-state index contributed by atoms with van der Waals surface area (Å²) in [7, 11) is 0. The highest BCUT2D eigenvalue weighted by Crippen LogP contribution is 2.45. The zero-order chi connectivity index (χ0) is 44.6. The average molecular weight is 866 g/mol. The summed E-state index contributed by atoms with van der Waals surface area (Å²) in [5.74, 6) is 1.05. The van der Waals surface area contributed by atoms with Crippen molar-refractivity contribution in [2.24, 2.45) is 0 Å². The van der Waals surface area contributed by atoms with Gasteiger partial charge in [-0.2, -0.15) is 26.3 Å².